The van der Waals surface area contributed by atoms with Crippen molar-refractivity contribution in [2.24, 2.45) is 11.7 Å². The molecule has 1 aliphatic rings. The lowest BCUT2D eigenvalue weighted by Crippen LogP contribution is -2.19. The number of rotatable bonds is 6. The van der Waals surface area contributed by atoms with E-state index in [1.54, 1.807) is 6.07 Å². The summed E-state index contributed by atoms with van der Waals surface area (Å²) in [4.78, 5) is 26.3. The van der Waals surface area contributed by atoms with E-state index in [0.717, 1.165) is 43.4 Å². The zero-order chi connectivity index (χ0) is 23.8. The van der Waals surface area contributed by atoms with Crippen molar-refractivity contribution in [2.75, 3.05) is 7.11 Å². The molecule has 1 amide bonds. The second-order valence-corrected chi connectivity index (χ2v) is 8.28. The summed E-state index contributed by atoms with van der Waals surface area (Å²) in [6.45, 7) is 0. The average Bonchev–Trinajstić information content (AvgIpc) is 3.20. The Kier molecular flexibility index (Phi) is 6.09. The molecular weight excluding hydrogens is 437 g/mol. The van der Waals surface area contributed by atoms with E-state index < -0.39 is 23.5 Å². The summed E-state index contributed by atoms with van der Waals surface area (Å²) in [5, 5.41) is 5.50. The molecule has 1 fully saturated rings. The van der Waals surface area contributed by atoms with Gasteiger partial charge in [-0.2, -0.15) is 18.3 Å². The number of ether oxygens (including phenoxy) is 1. The lowest BCUT2D eigenvalue weighted by Gasteiger charge is -2.25. The molecule has 0 spiro atoms. The Bertz CT molecular complexity index is 1200. The lowest BCUT2D eigenvalue weighted by molar-refractivity contribution is -0.141. The van der Waals surface area contributed by atoms with E-state index in [0.29, 0.717) is 16.8 Å². The van der Waals surface area contributed by atoms with Crippen molar-refractivity contribution in [3.63, 3.8) is 0 Å². The fourth-order valence-electron chi connectivity index (χ4n) is 4.34. The van der Waals surface area contributed by atoms with Gasteiger partial charge in [-0.15, -0.1) is 0 Å². The fourth-order valence-corrected chi connectivity index (χ4v) is 4.34. The van der Waals surface area contributed by atoms with Gasteiger partial charge in [-0.3, -0.25) is 9.48 Å². The van der Waals surface area contributed by atoms with Gasteiger partial charge in [0.25, 0.3) is 5.91 Å². The number of hydrogen-bond donors (Lipinski definition) is 1. The highest BCUT2D eigenvalue weighted by molar-refractivity contribution is 5.92. The molecular formula is C23H23F3N4O3. The number of nitrogens with two attached hydrogens (primary N) is 1. The molecule has 2 heterocycles. The van der Waals surface area contributed by atoms with Crippen LogP contribution in [0.1, 0.15) is 59.0 Å². The quantitative estimate of drug-likeness (QED) is 0.559. The number of alkyl halides is 3. The van der Waals surface area contributed by atoms with Gasteiger partial charge in [-0.25, -0.2) is 4.98 Å². The molecule has 10 heteroatoms. The number of nitrogens with zero attached hydrogens (tertiary/aromatic N) is 3. The molecule has 0 bridgehead atoms. The summed E-state index contributed by atoms with van der Waals surface area (Å²) in [7, 11) is 1.49. The second-order valence-electron chi connectivity index (χ2n) is 8.28. The van der Waals surface area contributed by atoms with Crippen molar-refractivity contribution < 1.29 is 27.5 Å². The number of fused-ring (bicyclic) bond motifs is 1. The average molecular weight is 460 g/mol. The molecule has 2 N–H and O–H groups in total. The summed E-state index contributed by atoms with van der Waals surface area (Å²) >= 11 is 0. The predicted molar refractivity (Wildman–Crippen MR) is 114 cm³/mol. The standard InChI is InChI=1S/C23H23F3N4O3/c1-33-19-10-18-16(11-30(29-18)17-5-2-13(12-31)3-6-17)9-15(19)8-14-4-7-20(23(24,25)26)28-21(14)22(27)32/h4,7,9-13,17H,2-3,5-6,8H2,1H3,(H2,27,32). The molecule has 33 heavy (non-hydrogen) atoms. The van der Waals surface area contributed by atoms with Gasteiger partial charge < -0.3 is 15.3 Å². The Morgan fingerprint density at radius 3 is 2.55 bits per heavy atom. The van der Waals surface area contributed by atoms with Crippen LogP contribution in [0, 0.1) is 5.92 Å². The summed E-state index contributed by atoms with van der Waals surface area (Å²) in [6.07, 6.45) is 1.75. The van der Waals surface area contributed by atoms with E-state index in [1.165, 1.54) is 13.2 Å². The van der Waals surface area contributed by atoms with Crippen LogP contribution in [-0.2, 0) is 17.4 Å². The smallest absolute Gasteiger partial charge is 0.433 e. The maximum Gasteiger partial charge on any atom is 0.433 e. The van der Waals surface area contributed by atoms with Crippen molar-refractivity contribution in [3.8, 4) is 5.75 Å². The minimum Gasteiger partial charge on any atom is -0.496 e. The largest absolute Gasteiger partial charge is 0.496 e. The van der Waals surface area contributed by atoms with Crippen LogP contribution in [0.5, 0.6) is 5.75 Å². The van der Waals surface area contributed by atoms with Crippen molar-refractivity contribution in [3.05, 3.63) is 53.0 Å². The molecule has 2 aromatic heterocycles. The molecule has 174 valence electrons. The second kappa shape index (κ2) is 8.84. The zero-order valence-electron chi connectivity index (χ0n) is 17.9. The molecule has 0 radical (unpaired) electrons. The van der Waals surface area contributed by atoms with Crippen molar-refractivity contribution in [1.82, 2.24) is 14.8 Å². The van der Waals surface area contributed by atoms with Crippen LogP contribution in [0.2, 0.25) is 0 Å². The zero-order valence-corrected chi connectivity index (χ0v) is 17.9. The van der Waals surface area contributed by atoms with Gasteiger partial charge in [-0.1, -0.05) is 6.07 Å². The van der Waals surface area contributed by atoms with Crippen molar-refractivity contribution in [1.29, 1.82) is 0 Å². The molecule has 0 saturated heterocycles. The van der Waals surface area contributed by atoms with E-state index in [9.17, 15) is 22.8 Å². The highest BCUT2D eigenvalue weighted by Gasteiger charge is 2.33. The first-order valence-corrected chi connectivity index (χ1v) is 10.6. The lowest BCUT2D eigenvalue weighted by atomic mass is 9.87. The Hall–Kier alpha value is -3.43. The van der Waals surface area contributed by atoms with E-state index in [1.807, 2.05) is 16.9 Å². The molecule has 1 aliphatic carbocycles. The number of aldehydes is 1. The van der Waals surface area contributed by atoms with Crippen LogP contribution in [0.15, 0.2) is 30.5 Å². The summed E-state index contributed by atoms with van der Waals surface area (Å²) in [5.74, 6) is -0.433. The van der Waals surface area contributed by atoms with Gasteiger partial charge in [-0.05, 0) is 48.9 Å². The van der Waals surface area contributed by atoms with Crippen LogP contribution in [0.3, 0.4) is 0 Å². The highest BCUT2D eigenvalue weighted by atomic mass is 19.4. The number of benzene rings is 1. The Labute approximate surface area is 187 Å². The Balaban J connectivity index is 1.67. The Morgan fingerprint density at radius 1 is 1.21 bits per heavy atom. The summed E-state index contributed by atoms with van der Waals surface area (Å²) in [5.41, 5.74) is 5.37. The predicted octanol–water partition coefficient (Wildman–Crippen LogP) is 4.08. The first kappa shape index (κ1) is 22.8. The summed E-state index contributed by atoms with van der Waals surface area (Å²) < 4.78 is 46.4. The number of primary amides is 1. The number of aromatic nitrogens is 3. The van der Waals surface area contributed by atoms with E-state index in [4.69, 9.17) is 10.5 Å². The molecule has 0 aliphatic heterocycles. The number of hydrogen-bond acceptors (Lipinski definition) is 5. The Morgan fingerprint density at radius 2 is 1.94 bits per heavy atom. The SMILES string of the molecule is COc1cc2nn(C3CCC(C=O)CC3)cc2cc1Cc1ccc(C(F)(F)F)nc1C(N)=O. The monoisotopic (exact) mass is 460 g/mol. The maximum absolute atomic E-state index is 13.0. The van der Waals surface area contributed by atoms with E-state index in [2.05, 4.69) is 10.1 Å². The van der Waals surface area contributed by atoms with Gasteiger partial charge >= 0.3 is 6.18 Å². The number of pyridine rings is 1. The minimum absolute atomic E-state index is 0.106. The normalized spacial score (nSPS) is 18.9. The fraction of sp³-hybridized carbons (Fsp3) is 0.391. The highest BCUT2D eigenvalue weighted by Crippen LogP contribution is 2.34. The van der Waals surface area contributed by atoms with Crippen LogP contribution in [0.4, 0.5) is 13.2 Å². The minimum atomic E-state index is -4.68. The van der Waals surface area contributed by atoms with Gasteiger partial charge in [0.1, 0.15) is 23.4 Å². The third-order valence-corrected chi connectivity index (χ3v) is 6.12. The van der Waals surface area contributed by atoms with E-state index in [-0.39, 0.29) is 23.9 Å². The first-order valence-electron chi connectivity index (χ1n) is 10.6. The third-order valence-electron chi connectivity index (χ3n) is 6.12. The molecule has 4 rings (SSSR count). The number of carbonyl (C=O) groups is 2. The molecule has 1 aromatic carbocycles. The maximum atomic E-state index is 13.0. The van der Waals surface area contributed by atoms with E-state index >= 15 is 0 Å². The number of amides is 1. The van der Waals surface area contributed by atoms with Crippen molar-refractivity contribution >= 4 is 23.1 Å². The summed E-state index contributed by atoms with van der Waals surface area (Å²) in [6, 6.07) is 5.86. The van der Waals surface area contributed by atoms with Crippen LogP contribution >= 0.6 is 0 Å². The molecule has 1 saturated carbocycles. The van der Waals surface area contributed by atoms with Gasteiger partial charge in [0.2, 0.25) is 0 Å². The first-order chi connectivity index (χ1) is 15.7. The molecule has 0 unspecified atom stereocenters. The number of methoxy groups -OCH3 is 1. The van der Waals surface area contributed by atoms with Gasteiger partial charge in [0.15, 0.2) is 0 Å². The van der Waals surface area contributed by atoms with Gasteiger partial charge in [0.05, 0.1) is 18.7 Å². The topological polar surface area (TPSA) is 100 Å². The molecule has 0 atom stereocenters. The molecule has 3 aromatic rings. The number of halogens is 3. The molecule has 7 nitrogen and oxygen atoms in total. The third kappa shape index (κ3) is 4.69. The van der Waals surface area contributed by atoms with Crippen molar-refractivity contribution in [2.45, 2.75) is 44.3 Å². The van der Waals surface area contributed by atoms with Crippen LogP contribution < -0.4 is 10.5 Å². The van der Waals surface area contributed by atoms with Crippen LogP contribution in [0.25, 0.3) is 10.9 Å². The number of carbonyl (C=O) groups excluding carboxylic acids is 2. The van der Waals surface area contributed by atoms with Crippen LogP contribution in [-0.4, -0.2) is 34.1 Å². The van der Waals surface area contributed by atoms with Gasteiger partial charge in [0, 0.05) is 30.0 Å².